The van der Waals surface area contributed by atoms with Gasteiger partial charge in [-0.05, 0) is 86.4 Å². The van der Waals surface area contributed by atoms with Gasteiger partial charge in [0.2, 0.25) is 11.8 Å². The molecule has 0 bridgehead atoms. The predicted molar refractivity (Wildman–Crippen MR) is 270 cm³/mol. The van der Waals surface area contributed by atoms with E-state index < -0.39 is 18.5 Å². The second kappa shape index (κ2) is 30.7. The van der Waals surface area contributed by atoms with Crippen molar-refractivity contribution >= 4 is 46.4 Å². The van der Waals surface area contributed by atoms with E-state index in [1.165, 1.54) is 0 Å². The first-order valence-corrected chi connectivity index (χ1v) is 23.7. The standard InChI is InChI=1S/C52H67N7O12/c1-5-53-44-31-46-42(29-36(44)3)51(43-30-37(4)45(54-6-2)32-47(43)71-46)40-9-7-8-10-41(40)52(64)70-35-50(63)57-19-23-67-26-25-65-21-17-55-48(61)33-69-34-49(62)56-18-22-66-27-28-68-24-20-59-58-16-15-38-11-13-39(60)14-12-38/h7-16,29-32,53,58-60H,5-6,17-28,33-35H2,1-4H3,(H,55,61)(H,56,62)(H,57,63)/b16-15+,54-45+. The summed E-state index contributed by atoms with van der Waals surface area (Å²) in [6.07, 6.45) is 3.61. The summed E-state index contributed by atoms with van der Waals surface area (Å²) in [5.41, 5.74) is 13.1. The minimum Gasteiger partial charge on any atom is -0.508 e. The fourth-order valence-corrected chi connectivity index (χ4v) is 7.09. The molecule has 1 aliphatic carbocycles. The number of aryl methyl sites for hydroxylation is 2. The van der Waals surface area contributed by atoms with Crippen LogP contribution in [0.2, 0.25) is 0 Å². The van der Waals surface area contributed by atoms with Crippen molar-refractivity contribution < 1.29 is 57.1 Å². The number of hydrazine groups is 1. The minimum atomic E-state index is -0.641. The predicted octanol–water partition coefficient (Wildman–Crippen LogP) is 4.23. The van der Waals surface area contributed by atoms with Gasteiger partial charge >= 0.3 is 5.97 Å². The Morgan fingerprint density at radius 2 is 1.27 bits per heavy atom. The number of carbonyl (C=O) groups excluding carboxylic acids is 4. The Labute approximate surface area is 414 Å². The summed E-state index contributed by atoms with van der Waals surface area (Å²) in [6.45, 7) is 12.2. The molecule has 71 heavy (non-hydrogen) atoms. The molecule has 19 nitrogen and oxygen atoms in total. The zero-order chi connectivity index (χ0) is 50.6. The molecular formula is C52H67N7O12. The van der Waals surface area contributed by atoms with Crippen LogP contribution in [0.1, 0.15) is 40.9 Å². The summed E-state index contributed by atoms with van der Waals surface area (Å²) in [6, 6.07) is 22.0. The third kappa shape index (κ3) is 18.8. The molecule has 3 aromatic carbocycles. The smallest absolute Gasteiger partial charge is 0.339 e. The van der Waals surface area contributed by atoms with Crippen molar-refractivity contribution in [2.75, 3.05) is 117 Å². The number of aromatic hydroxyl groups is 1. The monoisotopic (exact) mass is 981 g/mol. The van der Waals surface area contributed by atoms with Gasteiger partial charge in [-0.3, -0.25) is 19.4 Å². The van der Waals surface area contributed by atoms with Gasteiger partial charge in [0, 0.05) is 79.8 Å². The van der Waals surface area contributed by atoms with Crippen molar-refractivity contribution in [2.24, 2.45) is 4.99 Å². The second-order valence-corrected chi connectivity index (χ2v) is 15.9. The van der Waals surface area contributed by atoms with Crippen LogP contribution in [-0.2, 0) is 42.8 Å². The number of esters is 1. The molecule has 0 saturated carbocycles. The molecule has 0 fully saturated rings. The summed E-state index contributed by atoms with van der Waals surface area (Å²) in [5.74, 6) is -1.02. The number of anilines is 1. The van der Waals surface area contributed by atoms with Gasteiger partial charge in [0.05, 0.1) is 63.8 Å². The third-order valence-electron chi connectivity index (χ3n) is 10.5. The SMILES string of the molecule is CC/N=c1\cc2oc3cc(NCC)c(C)cc3c(-c3ccccc3C(=O)OCC(=O)NCCOCCOCCNC(=O)COCC(=O)NCCOCCOCCNN/C=C/c3ccc(O)cc3)c-2cc1C. The number of amides is 3. The summed E-state index contributed by atoms with van der Waals surface area (Å²) >= 11 is 0. The largest absolute Gasteiger partial charge is 0.508 e. The van der Waals surface area contributed by atoms with Crippen LogP contribution in [0.15, 0.2) is 88.4 Å². The number of phenols is 1. The highest BCUT2D eigenvalue weighted by molar-refractivity contribution is 6.08. The topological polar surface area (TPSA) is 242 Å². The van der Waals surface area contributed by atoms with Gasteiger partial charge in [0.15, 0.2) is 6.61 Å². The Bertz CT molecular complexity index is 2550. The Balaban J connectivity index is 0.881. The average Bonchev–Trinajstić information content (AvgIpc) is 3.36. The van der Waals surface area contributed by atoms with Crippen molar-refractivity contribution in [3.63, 3.8) is 0 Å². The molecule has 3 aromatic rings. The zero-order valence-corrected chi connectivity index (χ0v) is 41.0. The summed E-state index contributed by atoms with van der Waals surface area (Å²) in [5, 5.41) is 22.4. The van der Waals surface area contributed by atoms with E-state index >= 15 is 0 Å². The number of phenolic OH excluding ortho intramolecular Hbond substituents is 1. The van der Waals surface area contributed by atoms with Crippen molar-refractivity contribution in [1.82, 2.24) is 26.8 Å². The first-order valence-electron chi connectivity index (χ1n) is 23.7. The molecule has 0 saturated heterocycles. The van der Waals surface area contributed by atoms with Crippen LogP contribution < -0.4 is 37.5 Å². The van der Waals surface area contributed by atoms with Crippen molar-refractivity contribution in [3.05, 3.63) is 107 Å². The van der Waals surface area contributed by atoms with Gasteiger partial charge in [-0.1, -0.05) is 30.3 Å². The highest BCUT2D eigenvalue weighted by Crippen LogP contribution is 2.43. The maximum absolute atomic E-state index is 13.6. The van der Waals surface area contributed by atoms with E-state index in [1.807, 2.05) is 64.1 Å². The lowest BCUT2D eigenvalue weighted by Crippen LogP contribution is -2.34. The van der Waals surface area contributed by atoms with Gasteiger partial charge in [0.1, 0.15) is 30.3 Å². The third-order valence-corrected chi connectivity index (χ3v) is 10.5. The number of carbonyl (C=O) groups is 4. The second-order valence-electron chi connectivity index (χ2n) is 15.9. The summed E-state index contributed by atoms with van der Waals surface area (Å²) in [4.78, 5) is 55.0. The Morgan fingerprint density at radius 3 is 1.89 bits per heavy atom. The number of rotatable bonds is 32. The molecule has 382 valence electrons. The lowest BCUT2D eigenvalue weighted by molar-refractivity contribution is -0.131. The van der Waals surface area contributed by atoms with Crippen LogP contribution in [0.5, 0.6) is 5.75 Å². The lowest BCUT2D eigenvalue weighted by Gasteiger charge is -2.19. The van der Waals surface area contributed by atoms with E-state index in [1.54, 1.807) is 42.6 Å². The number of benzene rings is 4. The van der Waals surface area contributed by atoms with Crippen LogP contribution in [0.4, 0.5) is 5.69 Å². The molecule has 2 aliphatic rings. The number of nitrogens with one attached hydrogen (secondary N) is 6. The molecule has 0 atom stereocenters. The molecule has 5 rings (SSSR count). The van der Waals surface area contributed by atoms with Crippen molar-refractivity contribution in [3.8, 4) is 28.2 Å². The normalized spacial score (nSPS) is 11.6. The lowest BCUT2D eigenvalue weighted by atomic mass is 9.89. The van der Waals surface area contributed by atoms with Crippen molar-refractivity contribution in [1.29, 1.82) is 0 Å². The average molecular weight is 982 g/mol. The minimum absolute atomic E-state index is 0.192. The Hall–Kier alpha value is -6.87. The molecule has 19 heteroatoms. The molecule has 3 amide bonds. The fraction of sp³-hybridized carbons (Fsp3) is 0.404. The molecule has 0 spiro atoms. The van der Waals surface area contributed by atoms with Crippen LogP contribution in [-0.4, -0.2) is 141 Å². The molecule has 0 unspecified atom stereocenters. The van der Waals surface area contributed by atoms with Crippen LogP contribution in [0.25, 0.3) is 39.5 Å². The number of nitrogens with zero attached hydrogens (tertiary/aromatic N) is 1. The molecule has 7 N–H and O–H groups in total. The molecular weight excluding hydrogens is 915 g/mol. The van der Waals surface area contributed by atoms with E-state index in [0.717, 1.165) is 50.8 Å². The quantitative estimate of drug-likeness (QED) is 0.0138. The molecule has 0 aromatic heterocycles. The Kier molecular flexibility index (Phi) is 23.8. The van der Waals surface area contributed by atoms with Gasteiger partial charge < -0.3 is 64.6 Å². The first kappa shape index (κ1) is 55.1. The number of hydrogen-bond acceptors (Lipinski definition) is 16. The van der Waals surface area contributed by atoms with E-state index in [2.05, 4.69) is 43.2 Å². The first-order chi connectivity index (χ1) is 34.6. The maximum Gasteiger partial charge on any atom is 0.339 e. The van der Waals surface area contributed by atoms with E-state index in [4.69, 9.17) is 32.8 Å². The van der Waals surface area contributed by atoms with Gasteiger partial charge in [0.25, 0.3) is 5.91 Å². The highest BCUT2D eigenvalue weighted by Gasteiger charge is 2.24. The van der Waals surface area contributed by atoms with Crippen LogP contribution >= 0.6 is 0 Å². The van der Waals surface area contributed by atoms with E-state index in [0.29, 0.717) is 62.0 Å². The van der Waals surface area contributed by atoms with Crippen molar-refractivity contribution in [2.45, 2.75) is 27.7 Å². The number of fused-ring (bicyclic) bond motifs is 2. The summed E-state index contributed by atoms with van der Waals surface area (Å²) < 4.78 is 39.1. The highest BCUT2D eigenvalue weighted by atomic mass is 16.5. The number of hydrogen-bond donors (Lipinski definition) is 7. The molecule has 0 radical (unpaired) electrons. The fourth-order valence-electron chi connectivity index (χ4n) is 7.09. The number of ether oxygens (including phenoxy) is 6. The van der Waals surface area contributed by atoms with E-state index in [-0.39, 0.29) is 76.8 Å². The van der Waals surface area contributed by atoms with Crippen LogP contribution in [0.3, 0.4) is 0 Å². The Morgan fingerprint density at radius 1 is 0.662 bits per heavy atom. The molecule has 1 aliphatic heterocycles. The zero-order valence-electron chi connectivity index (χ0n) is 41.0. The van der Waals surface area contributed by atoms with Crippen LogP contribution in [0, 0.1) is 13.8 Å². The van der Waals surface area contributed by atoms with Gasteiger partial charge in [-0.25, -0.2) is 10.2 Å². The summed E-state index contributed by atoms with van der Waals surface area (Å²) in [7, 11) is 0. The van der Waals surface area contributed by atoms with Gasteiger partial charge in [-0.15, -0.1) is 0 Å². The molecule has 1 heterocycles. The van der Waals surface area contributed by atoms with Gasteiger partial charge in [-0.2, -0.15) is 0 Å². The maximum atomic E-state index is 13.6. The van der Waals surface area contributed by atoms with E-state index in [9.17, 15) is 24.3 Å².